The number of amides is 1. The van der Waals surface area contributed by atoms with Gasteiger partial charge in [-0.05, 0) is 72.7 Å². The van der Waals surface area contributed by atoms with Crippen molar-refractivity contribution in [1.82, 2.24) is 14.9 Å². The van der Waals surface area contributed by atoms with Crippen molar-refractivity contribution < 1.29 is 4.79 Å². The Hall–Kier alpha value is -2.61. The molecule has 1 N–H and O–H groups in total. The molecule has 0 unspecified atom stereocenters. The van der Waals surface area contributed by atoms with Crippen molar-refractivity contribution in [3.63, 3.8) is 0 Å². The predicted octanol–water partition coefficient (Wildman–Crippen LogP) is 5.17. The second-order valence-corrected chi connectivity index (χ2v) is 9.75. The summed E-state index contributed by atoms with van der Waals surface area (Å²) in [6.45, 7) is 4.58. The molecule has 4 aromatic rings. The fourth-order valence-corrected chi connectivity index (χ4v) is 4.99. The summed E-state index contributed by atoms with van der Waals surface area (Å²) in [6, 6.07) is 15.3. The third-order valence-electron chi connectivity index (χ3n) is 5.18. The van der Waals surface area contributed by atoms with Gasteiger partial charge in [0.15, 0.2) is 5.16 Å². The SMILES string of the molecule is Cc1ccc(-n2c(SCC(=O)NCCc3ccc(Cl)cc3)nc3ccsc3c2=O)cc1C. The van der Waals surface area contributed by atoms with Gasteiger partial charge in [0, 0.05) is 11.6 Å². The lowest BCUT2D eigenvalue weighted by molar-refractivity contribution is -0.118. The average Bonchev–Trinajstić information content (AvgIpc) is 3.25. The van der Waals surface area contributed by atoms with E-state index in [4.69, 9.17) is 11.6 Å². The number of hydrogen-bond acceptors (Lipinski definition) is 5. The molecule has 2 aromatic heterocycles. The standard InChI is InChI=1S/C24H22ClN3O2S2/c1-15-3-8-19(13-16(15)2)28-23(30)22-20(10-12-31-22)27-24(28)32-14-21(29)26-11-9-17-4-6-18(25)7-5-17/h3-8,10,12-13H,9,11,14H2,1-2H3,(H,26,29). The van der Waals surface area contributed by atoms with Gasteiger partial charge in [0.25, 0.3) is 5.56 Å². The van der Waals surface area contributed by atoms with E-state index in [1.165, 1.54) is 23.1 Å². The molecule has 164 valence electrons. The average molecular weight is 484 g/mol. The zero-order chi connectivity index (χ0) is 22.7. The Morgan fingerprint density at radius 3 is 2.66 bits per heavy atom. The molecule has 0 saturated heterocycles. The van der Waals surface area contributed by atoms with Gasteiger partial charge in [0.2, 0.25) is 5.91 Å². The normalized spacial score (nSPS) is 11.1. The maximum absolute atomic E-state index is 13.2. The fraction of sp³-hybridized carbons (Fsp3) is 0.208. The van der Waals surface area contributed by atoms with Crippen LogP contribution in [-0.2, 0) is 11.2 Å². The molecule has 0 radical (unpaired) electrons. The second kappa shape index (κ2) is 9.90. The number of aromatic nitrogens is 2. The first-order valence-electron chi connectivity index (χ1n) is 10.1. The lowest BCUT2D eigenvalue weighted by atomic mass is 10.1. The van der Waals surface area contributed by atoms with Gasteiger partial charge in [-0.3, -0.25) is 14.2 Å². The van der Waals surface area contributed by atoms with Crippen LogP contribution in [0.25, 0.3) is 15.9 Å². The van der Waals surface area contributed by atoms with Gasteiger partial charge in [0.1, 0.15) is 4.70 Å². The molecule has 0 saturated carbocycles. The molecule has 32 heavy (non-hydrogen) atoms. The van der Waals surface area contributed by atoms with Crippen molar-refractivity contribution in [2.75, 3.05) is 12.3 Å². The number of carbonyl (C=O) groups is 1. The number of halogens is 1. The largest absolute Gasteiger partial charge is 0.355 e. The monoisotopic (exact) mass is 483 g/mol. The summed E-state index contributed by atoms with van der Waals surface area (Å²) in [4.78, 5) is 30.3. The molecule has 8 heteroatoms. The first-order valence-corrected chi connectivity index (χ1v) is 12.4. The summed E-state index contributed by atoms with van der Waals surface area (Å²) in [6.07, 6.45) is 0.722. The molecule has 4 rings (SSSR count). The van der Waals surface area contributed by atoms with E-state index in [2.05, 4.69) is 10.3 Å². The van der Waals surface area contributed by atoms with Crippen LogP contribution in [0.5, 0.6) is 0 Å². The lowest BCUT2D eigenvalue weighted by Crippen LogP contribution is -2.28. The first kappa shape index (κ1) is 22.6. The predicted molar refractivity (Wildman–Crippen MR) is 134 cm³/mol. The molecule has 0 atom stereocenters. The molecule has 0 aliphatic carbocycles. The summed E-state index contributed by atoms with van der Waals surface area (Å²) in [5.41, 5.74) is 4.66. The van der Waals surface area contributed by atoms with Gasteiger partial charge in [-0.1, -0.05) is 41.6 Å². The molecule has 0 bridgehead atoms. The van der Waals surface area contributed by atoms with Crippen LogP contribution < -0.4 is 10.9 Å². The first-order chi connectivity index (χ1) is 15.4. The smallest absolute Gasteiger partial charge is 0.276 e. The van der Waals surface area contributed by atoms with Gasteiger partial charge in [0.05, 0.1) is 17.0 Å². The quantitative estimate of drug-likeness (QED) is 0.291. The minimum atomic E-state index is -0.112. The Bertz CT molecular complexity index is 1330. The summed E-state index contributed by atoms with van der Waals surface area (Å²) in [7, 11) is 0. The summed E-state index contributed by atoms with van der Waals surface area (Å²) in [5.74, 6) is 0.0725. The number of thioether (sulfide) groups is 1. The molecule has 2 aromatic carbocycles. The van der Waals surface area contributed by atoms with Crippen LogP contribution in [0.2, 0.25) is 5.02 Å². The Morgan fingerprint density at radius 2 is 1.91 bits per heavy atom. The van der Waals surface area contributed by atoms with Crippen LogP contribution in [0.4, 0.5) is 0 Å². The number of thiophene rings is 1. The van der Waals surface area contributed by atoms with Crippen molar-refractivity contribution in [2.45, 2.75) is 25.4 Å². The van der Waals surface area contributed by atoms with Crippen LogP contribution in [0.3, 0.4) is 0 Å². The Kier molecular flexibility index (Phi) is 6.98. The number of aryl methyl sites for hydroxylation is 2. The number of rotatable bonds is 7. The van der Waals surface area contributed by atoms with Gasteiger partial charge < -0.3 is 5.32 Å². The maximum atomic E-state index is 13.2. The maximum Gasteiger partial charge on any atom is 0.276 e. The van der Waals surface area contributed by atoms with Crippen molar-refractivity contribution in [2.24, 2.45) is 0 Å². The van der Waals surface area contributed by atoms with E-state index in [1.807, 2.05) is 67.8 Å². The summed E-state index contributed by atoms with van der Waals surface area (Å²) >= 11 is 8.56. The van der Waals surface area contributed by atoms with Crippen LogP contribution in [0.1, 0.15) is 16.7 Å². The van der Waals surface area contributed by atoms with E-state index < -0.39 is 0 Å². The zero-order valence-corrected chi connectivity index (χ0v) is 20.1. The fourth-order valence-electron chi connectivity index (χ4n) is 3.26. The number of fused-ring (bicyclic) bond motifs is 1. The van der Waals surface area contributed by atoms with Crippen molar-refractivity contribution >= 4 is 50.8 Å². The molecule has 0 spiro atoms. The molecule has 5 nitrogen and oxygen atoms in total. The second-order valence-electron chi connectivity index (χ2n) is 7.45. The summed E-state index contributed by atoms with van der Waals surface area (Å²) in [5, 5.41) is 6.00. The molecule has 0 fully saturated rings. The molecular formula is C24H22ClN3O2S2. The third-order valence-corrected chi connectivity index (χ3v) is 7.26. The highest BCUT2D eigenvalue weighted by molar-refractivity contribution is 7.99. The number of nitrogens with one attached hydrogen (secondary N) is 1. The Balaban J connectivity index is 1.50. The highest BCUT2D eigenvalue weighted by Crippen LogP contribution is 2.24. The van der Waals surface area contributed by atoms with E-state index >= 15 is 0 Å². The number of nitrogens with zero attached hydrogens (tertiary/aromatic N) is 2. The number of carbonyl (C=O) groups excluding carboxylic acids is 1. The van der Waals surface area contributed by atoms with Gasteiger partial charge in [-0.25, -0.2) is 4.98 Å². The zero-order valence-electron chi connectivity index (χ0n) is 17.7. The van der Waals surface area contributed by atoms with Gasteiger partial charge in [-0.2, -0.15) is 0 Å². The van der Waals surface area contributed by atoms with E-state index in [9.17, 15) is 9.59 Å². The van der Waals surface area contributed by atoms with E-state index in [-0.39, 0.29) is 17.2 Å². The van der Waals surface area contributed by atoms with E-state index in [0.717, 1.165) is 28.8 Å². The number of hydrogen-bond donors (Lipinski definition) is 1. The van der Waals surface area contributed by atoms with E-state index in [1.54, 1.807) is 4.57 Å². The number of benzene rings is 2. The van der Waals surface area contributed by atoms with Gasteiger partial charge in [-0.15, -0.1) is 11.3 Å². The van der Waals surface area contributed by atoms with Crippen LogP contribution in [0.15, 0.2) is 63.9 Å². The van der Waals surface area contributed by atoms with Crippen molar-refractivity contribution in [3.8, 4) is 5.69 Å². The molecular weight excluding hydrogens is 462 g/mol. The Labute approximate surface area is 199 Å². The van der Waals surface area contributed by atoms with Crippen LogP contribution in [0, 0.1) is 13.8 Å². The van der Waals surface area contributed by atoms with Crippen molar-refractivity contribution in [1.29, 1.82) is 0 Å². The summed E-state index contributed by atoms with van der Waals surface area (Å²) < 4.78 is 2.22. The Morgan fingerprint density at radius 1 is 1.12 bits per heavy atom. The molecule has 2 heterocycles. The van der Waals surface area contributed by atoms with Crippen molar-refractivity contribution in [3.05, 3.63) is 86.0 Å². The van der Waals surface area contributed by atoms with Gasteiger partial charge >= 0.3 is 0 Å². The minimum absolute atomic E-state index is 0.102. The van der Waals surface area contributed by atoms with Crippen LogP contribution in [-0.4, -0.2) is 27.8 Å². The van der Waals surface area contributed by atoms with E-state index in [0.29, 0.717) is 26.9 Å². The minimum Gasteiger partial charge on any atom is -0.355 e. The lowest BCUT2D eigenvalue weighted by Gasteiger charge is -2.13. The highest BCUT2D eigenvalue weighted by Gasteiger charge is 2.16. The van der Waals surface area contributed by atoms with Crippen LogP contribution >= 0.6 is 34.7 Å². The molecule has 0 aliphatic rings. The highest BCUT2D eigenvalue weighted by atomic mass is 35.5. The topological polar surface area (TPSA) is 64.0 Å². The molecule has 0 aliphatic heterocycles. The molecule has 1 amide bonds. The third kappa shape index (κ3) is 5.06.